The number of furan rings is 1. The van der Waals surface area contributed by atoms with Crippen molar-refractivity contribution in [1.29, 1.82) is 0 Å². The molecule has 2 atom stereocenters. The van der Waals surface area contributed by atoms with Gasteiger partial charge in [-0.1, -0.05) is 28.1 Å². The first-order chi connectivity index (χ1) is 8.56. The van der Waals surface area contributed by atoms with Crippen LogP contribution in [-0.2, 0) is 0 Å². The number of hydrogen-bond acceptors (Lipinski definition) is 2. The molecule has 18 heavy (non-hydrogen) atoms. The molecule has 1 heterocycles. The van der Waals surface area contributed by atoms with Gasteiger partial charge in [-0.3, -0.25) is 0 Å². The fraction of sp³-hybridized carbons (Fsp3) is 0.286. The number of benzene rings is 1. The summed E-state index contributed by atoms with van der Waals surface area (Å²) in [5.41, 5.74) is 1.25. The molecule has 0 spiro atoms. The van der Waals surface area contributed by atoms with Gasteiger partial charge in [-0.05, 0) is 59.6 Å². The van der Waals surface area contributed by atoms with E-state index in [0.29, 0.717) is 0 Å². The summed E-state index contributed by atoms with van der Waals surface area (Å²) in [5, 5.41) is 3.52. The highest BCUT2D eigenvalue weighted by Crippen LogP contribution is 2.24. The average Bonchev–Trinajstić information content (AvgIpc) is 2.76. The molecule has 1 aromatic carbocycles. The Labute approximate surface area is 124 Å². The molecule has 0 radical (unpaired) electrons. The number of hydrogen-bond donors (Lipinski definition) is 1. The van der Waals surface area contributed by atoms with Gasteiger partial charge in [-0.25, -0.2) is 0 Å². The standard InChI is InChI=1S/C14H15Br2NO/c1-9(11-4-3-5-12(15)8-11)17-10(2)13-6-7-14(16)18-13/h3-10,17H,1-2H3/t9-,10?/m0/s1. The van der Waals surface area contributed by atoms with Crippen LogP contribution >= 0.6 is 31.9 Å². The molecule has 0 aliphatic carbocycles. The molecule has 2 nitrogen and oxygen atoms in total. The lowest BCUT2D eigenvalue weighted by Gasteiger charge is -2.19. The predicted octanol–water partition coefficient (Wildman–Crippen LogP) is 5.22. The van der Waals surface area contributed by atoms with Crippen LogP contribution in [0.1, 0.15) is 37.3 Å². The van der Waals surface area contributed by atoms with Crippen molar-refractivity contribution in [3.63, 3.8) is 0 Å². The van der Waals surface area contributed by atoms with Crippen molar-refractivity contribution in [2.45, 2.75) is 25.9 Å². The lowest BCUT2D eigenvalue weighted by molar-refractivity contribution is 0.394. The summed E-state index contributed by atoms with van der Waals surface area (Å²) in [6, 6.07) is 12.7. The van der Waals surface area contributed by atoms with Crippen LogP contribution < -0.4 is 5.32 Å². The van der Waals surface area contributed by atoms with E-state index in [0.717, 1.165) is 14.9 Å². The smallest absolute Gasteiger partial charge is 0.169 e. The van der Waals surface area contributed by atoms with Crippen LogP contribution in [0.15, 0.2) is 50.0 Å². The monoisotopic (exact) mass is 371 g/mol. The topological polar surface area (TPSA) is 25.2 Å². The zero-order valence-electron chi connectivity index (χ0n) is 10.3. The summed E-state index contributed by atoms with van der Waals surface area (Å²) >= 11 is 6.81. The summed E-state index contributed by atoms with van der Waals surface area (Å²) in [4.78, 5) is 0. The van der Waals surface area contributed by atoms with E-state index >= 15 is 0 Å². The number of halogens is 2. The quantitative estimate of drug-likeness (QED) is 0.796. The van der Waals surface area contributed by atoms with Crippen LogP contribution in [0.5, 0.6) is 0 Å². The average molecular weight is 373 g/mol. The lowest BCUT2D eigenvalue weighted by Crippen LogP contribution is -2.22. The number of nitrogens with one attached hydrogen (secondary N) is 1. The molecule has 96 valence electrons. The van der Waals surface area contributed by atoms with Gasteiger partial charge in [0, 0.05) is 10.5 Å². The largest absolute Gasteiger partial charge is 0.453 e. The molecule has 2 rings (SSSR count). The molecule has 4 heteroatoms. The number of rotatable bonds is 4. The summed E-state index contributed by atoms with van der Waals surface area (Å²) in [6.45, 7) is 4.25. The predicted molar refractivity (Wildman–Crippen MR) is 80.5 cm³/mol. The van der Waals surface area contributed by atoms with Crippen LogP contribution in [0.3, 0.4) is 0 Å². The van der Waals surface area contributed by atoms with Gasteiger partial charge in [-0.15, -0.1) is 0 Å². The maximum atomic E-state index is 5.55. The molecular weight excluding hydrogens is 358 g/mol. The summed E-state index contributed by atoms with van der Waals surface area (Å²) in [6.07, 6.45) is 0. The Kier molecular flexibility index (Phi) is 4.65. The zero-order chi connectivity index (χ0) is 13.1. The fourth-order valence-corrected chi connectivity index (χ4v) is 2.63. The first-order valence-corrected chi connectivity index (χ1v) is 7.41. The highest BCUT2D eigenvalue weighted by Gasteiger charge is 2.14. The molecule has 2 aromatic rings. The first kappa shape index (κ1) is 13.8. The molecule has 0 aliphatic heterocycles. The van der Waals surface area contributed by atoms with E-state index in [1.165, 1.54) is 5.56 Å². The van der Waals surface area contributed by atoms with E-state index in [4.69, 9.17) is 4.42 Å². The minimum Gasteiger partial charge on any atom is -0.453 e. The van der Waals surface area contributed by atoms with Crippen molar-refractivity contribution >= 4 is 31.9 Å². The second kappa shape index (κ2) is 6.04. The third-order valence-electron chi connectivity index (χ3n) is 2.87. The molecule has 0 bridgehead atoms. The van der Waals surface area contributed by atoms with Gasteiger partial charge in [0.25, 0.3) is 0 Å². The Morgan fingerprint density at radius 3 is 2.44 bits per heavy atom. The minimum absolute atomic E-state index is 0.172. The van der Waals surface area contributed by atoms with Gasteiger partial charge in [0.1, 0.15) is 5.76 Å². The normalized spacial score (nSPS) is 14.4. The SMILES string of the molecule is CC(N[C@@H](C)c1cccc(Br)c1)c1ccc(Br)o1. The van der Waals surface area contributed by atoms with Gasteiger partial charge in [0.15, 0.2) is 4.67 Å². The van der Waals surface area contributed by atoms with Crippen molar-refractivity contribution in [2.24, 2.45) is 0 Å². The van der Waals surface area contributed by atoms with Crippen molar-refractivity contribution in [3.05, 3.63) is 56.9 Å². The molecule has 0 aliphatic rings. The molecule has 0 saturated heterocycles. The third-order valence-corrected chi connectivity index (χ3v) is 3.79. The summed E-state index contributed by atoms with van der Waals surface area (Å²) < 4.78 is 7.41. The minimum atomic E-state index is 0.172. The van der Waals surface area contributed by atoms with Gasteiger partial charge >= 0.3 is 0 Å². The zero-order valence-corrected chi connectivity index (χ0v) is 13.5. The van der Waals surface area contributed by atoms with Crippen LogP contribution in [0.2, 0.25) is 0 Å². The van der Waals surface area contributed by atoms with E-state index in [-0.39, 0.29) is 12.1 Å². The van der Waals surface area contributed by atoms with Crippen LogP contribution in [0, 0.1) is 0 Å². The summed E-state index contributed by atoms with van der Waals surface area (Å²) in [5.74, 6) is 0.934. The molecular formula is C14H15Br2NO. The van der Waals surface area contributed by atoms with Gasteiger partial charge in [0.05, 0.1) is 6.04 Å². The van der Waals surface area contributed by atoms with Crippen LogP contribution in [0.4, 0.5) is 0 Å². The highest BCUT2D eigenvalue weighted by molar-refractivity contribution is 9.10. The Bertz CT molecular complexity index is 524. The van der Waals surface area contributed by atoms with Gasteiger partial charge in [-0.2, -0.15) is 0 Å². The maximum Gasteiger partial charge on any atom is 0.169 e. The first-order valence-electron chi connectivity index (χ1n) is 5.83. The Balaban J connectivity index is 2.05. The third kappa shape index (κ3) is 3.46. The molecule has 0 fully saturated rings. The van der Waals surface area contributed by atoms with Crippen LogP contribution in [-0.4, -0.2) is 0 Å². The molecule has 0 saturated carbocycles. The molecule has 1 N–H and O–H groups in total. The molecule has 1 aromatic heterocycles. The van der Waals surface area contributed by atoms with Crippen molar-refractivity contribution in [2.75, 3.05) is 0 Å². The lowest BCUT2D eigenvalue weighted by atomic mass is 10.1. The van der Waals surface area contributed by atoms with E-state index < -0.39 is 0 Å². The van der Waals surface area contributed by atoms with E-state index in [1.54, 1.807) is 0 Å². The van der Waals surface area contributed by atoms with Crippen molar-refractivity contribution in [3.8, 4) is 0 Å². The maximum absolute atomic E-state index is 5.55. The van der Waals surface area contributed by atoms with E-state index in [2.05, 4.69) is 63.2 Å². The second-order valence-electron chi connectivity index (χ2n) is 4.31. The Hall–Kier alpha value is -0.580. The second-order valence-corrected chi connectivity index (χ2v) is 6.00. The Morgan fingerprint density at radius 1 is 1.06 bits per heavy atom. The molecule has 1 unspecified atom stereocenters. The highest BCUT2D eigenvalue weighted by atomic mass is 79.9. The van der Waals surface area contributed by atoms with E-state index in [9.17, 15) is 0 Å². The Morgan fingerprint density at radius 2 is 1.83 bits per heavy atom. The summed E-state index contributed by atoms with van der Waals surface area (Å²) in [7, 11) is 0. The van der Waals surface area contributed by atoms with Crippen molar-refractivity contribution < 1.29 is 4.42 Å². The van der Waals surface area contributed by atoms with Gasteiger partial charge in [0.2, 0.25) is 0 Å². The molecule has 0 amide bonds. The van der Waals surface area contributed by atoms with Crippen molar-refractivity contribution in [1.82, 2.24) is 5.32 Å². The van der Waals surface area contributed by atoms with Gasteiger partial charge < -0.3 is 9.73 Å². The fourth-order valence-electron chi connectivity index (χ4n) is 1.89. The van der Waals surface area contributed by atoms with Crippen LogP contribution in [0.25, 0.3) is 0 Å². The van der Waals surface area contributed by atoms with E-state index in [1.807, 2.05) is 24.3 Å².